The van der Waals surface area contributed by atoms with E-state index in [-0.39, 0.29) is 5.91 Å². The molecule has 18 heavy (non-hydrogen) atoms. The molecule has 2 rings (SSSR count). The van der Waals surface area contributed by atoms with Crippen molar-refractivity contribution < 1.29 is 4.79 Å². The van der Waals surface area contributed by atoms with Crippen molar-refractivity contribution in [1.29, 1.82) is 0 Å². The largest absolute Gasteiger partial charge is 0.398 e. The Morgan fingerprint density at radius 1 is 1.44 bits per heavy atom. The lowest BCUT2D eigenvalue weighted by Crippen LogP contribution is -2.26. The molecular weight excluding hydrogens is 359 g/mol. The first-order valence-corrected chi connectivity index (χ1v) is 7.36. The molecule has 2 N–H and O–H groups in total. The summed E-state index contributed by atoms with van der Waals surface area (Å²) in [5.41, 5.74) is 8.30. The molecule has 0 radical (unpaired) electrons. The Kier molecular flexibility index (Phi) is 4.23. The smallest absolute Gasteiger partial charge is 0.254 e. The van der Waals surface area contributed by atoms with Gasteiger partial charge in [0.05, 0.1) is 8.45 Å². The molecule has 1 heterocycles. The van der Waals surface area contributed by atoms with E-state index in [4.69, 9.17) is 5.73 Å². The highest BCUT2D eigenvalue weighted by molar-refractivity contribution is 14.1. The molecule has 0 saturated carbocycles. The van der Waals surface area contributed by atoms with Crippen molar-refractivity contribution in [1.82, 2.24) is 4.90 Å². The molecule has 0 atom stereocenters. The lowest BCUT2D eigenvalue weighted by atomic mass is 10.1. The van der Waals surface area contributed by atoms with Crippen LogP contribution in [-0.2, 0) is 6.54 Å². The second kappa shape index (κ2) is 5.71. The Hall–Kier alpha value is -1.08. The van der Waals surface area contributed by atoms with Crippen molar-refractivity contribution >= 4 is 45.5 Å². The van der Waals surface area contributed by atoms with E-state index in [1.54, 1.807) is 23.3 Å². The molecule has 0 bridgehead atoms. The molecule has 0 saturated heterocycles. The van der Waals surface area contributed by atoms with Gasteiger partial charge in [-0.1, -0.05) is 18.2 Å². The van der Waals surface area contributed by atoms with E-state index < -0.39 is 0 Å². The van der Waals surface area contributed by atoms with Crippen LogP contribution in [0.2, 0.25) is 0 Å². The molecule has 94 valence electrons. The number of benzene rings is 1. The van der Waals surface area contributed by atoms with Crippen LogP contribution >= 0.6 is 33.9 Å². The summed E-state index contributed by atoms with van der Waals surface area (Å²) in [5.74, 6) is 0.0254. The molecule has 0 aliphatic heterocycles. The molecular formula is C13H13IN2OS. The first-order chi connectivity index (χ1) is 8.58. The highest BCUT2D eigenvalue weighted by Gasteiger charge is 2.14. The number of nitrogens with two attached hydrogens (primary N) is 1. The SMILES string of the molecule is CN(Cc1ccccc1N)C(=O)c1csc(I)c1. The molecule has 0 spiro atoms. The van der Waals surface area contributed by atoms with Crippen LogP contribution in [-0.4, -0.2) is 17.9 Å². The van der Waals surface area contributed by atoms with E-state index in [9.17, 15) is 4.79 Å². The number of para-hydroxylation sites is 1. The van der Waals surface area contributed by atoms with Crippen molar-refractivity contribution in [3.63, 3.8) is 0 Å². The number of halogens is 1. The number of amides is 1. The normalized spacial score (nSPS) is 10.3. The third-order valence-electron chi connectivity index (χ3n) is 2.62. The van der Waals surface area contributed by atoms with E-state index in [1.165, 1.54) is 0 Å². The monoisotopic (exact) mass is 372 g/mol. The van der Waals surface area contributed by atoms with Crippen molar-refractivity contribution in [2.24, 2.45) is 0 Å². The number of anilines is 1. The zero-order chi connectivity index (χ0) is 13.1. The Morgan fingerprint density at radius 3 is 2.78 bits per heavy atom. The average Bonchev–Trinajstić information content (AvgIpc) is 2.78. The summed E-state index contributed by atoms with van der Waals surface area (Å²) >= 11 is 3.79. The fourth-order valence-electron chi connectivity index (χ4n) is 1.65. The van der Waals surface area contributed by atoms with Gasteiger partial charge in [0.2, 0.25) is 0 Å². The van der Waals surface area contributed by atoms with Crippen LogP contribution in [0.25, 0.3) is 0 Å². The van der Waals surface area contributed by atoms with Gasteiger partial charge in [-0.2, -0.15) is 0 Å². The fraction of sp³-hybridized carbons (Fsp3) is 0.154. The highest BCUT2D eigenvalue weighted by atomic mass is 127. The summed E-state index contributed by atoms with van der Waals surface area (Å²) in [6.45, 7) is 0.526. The van der Waals surface area contributed by atoms with E-state index in [1.807, 2.05) is 35.7 Å². The van der Waals surface area contributed by atoms with Crippen LogP contribution < -0.4 is 5.73 Å². The maximum atomic E-state index is 12.2. The molecule has 1 aromatic carbocycles. The van der Waals surface area contributed by atoms with Gasteiger partial charge < -0.3 is 10.6 Å². The summed E-state index contributed by atoms with van der Waals surface area (Å²) in [4.78, 5) is 13.8. The molecule has 1 amide bonds. The van der Waals surface area contributed by atoms with Gasteiger partial charge in [0.15, 0.2) is 0 Å². The number of nitrogens with zero attached hydrogens (tertiary/aromatic N) is 1. The van der Waals surface area contributed by atoms with Gasteiger partial charge in [-0.3, -0.25) is 4.79 Å². The van der Waals surface area contributed by atoms with Crippen molar-refractivity contribution in [2.75, 3.05) is 12.8 Å². The topological polar surface area (TPSA) is 46.3 Å². The van der Waals surface area contributed by atoms with Gasteiger partial charge in [0, 0.05) is 24.7 Å². The number of carbonyl (C=O) groups excluding carboxylic acids is 1. The first-order valence-electron chi connectivity index (χ1n) is 5.41. The standard InChI is InChI=1S/C13H13IN2OS/c1-16(7-9-4-2-3-5-11(9)15)13(17)10-6-12(14)18-8-10/h2-6,8H,7,15H2,1H3. The van der Waals surface area contributed by atoms with Gasteiger partial charge in [-0.25, -0.2) is 0 Å². The minimum Gasteiger partial charge on any atom is -0.398 e. The molecule has 0 aliphatic rings. The summed E-state index contributed by atoms with van der Waals surface area (Å²) in [7, 11) is 1.79. The fourth-order valence-corrected chi connectivity index (χ4v) is 2.97. The quantitative estimate of drug-likeness (QED) is 0.665. The Bertz CT molecular complexity index is 568. The van der Waals surface area contributed by atoms with Crippen LogP contribution in [0.1, 0.15) is 15.9 Å². The maximum Gasteiger partial charge on any atom is 0.254 e. The lowest BCUT2D eigenvalue weighted by Gasteiger charge is -2.17. The Balaban J connectivity index is 2.11. The Morgan fingerprint density at radius 2 is 2.17 bits per heavy atom. The molecule has 5 heteroatoms. The van der Waals surface area contributed by atoms with Crippen LogP contribution in [0.3, 0.4) is 0 Å². The van der Waals surface area contributed by atoms with Crippen molar-refractivity contribution in [3.8, 4) is 0 Å². The molecule has 1 aromatic heterocycles. The van der Waals surface area contributed by atoms with Gasteiger partial charge in [0.1, 0.15) is 0 Å². The van der Waals surface area contributed by atoms with Gasteiger partial charge >= 0.3 is 0 Å². The number of rotatable bonds is 3. The second-order valence-corrected chi connectivity index (χ2v) is 6.80. The number of carbonyl (C=O) groups is 1. The zero-order valence-electron chi connectivity index (χ0n) is 9.89. The summed E-state index contributed by atoms with van der Waals surface area (Å²) in [6, 6.07) is 9.51. The van der Waals surface area contributed by atoms with Gasteiger partial charge in [-0.15, -0.1) is 11.3 Å². The third kappa shape index (κ3) is 3.02. The van der Waals surface area contributed by atoms with Crippen LogP contribution in [0.5, 0.6) is 0 Å². The van der Waals surface area contributed by atoms with Gasteiger partial charge in [-0.05, 0) is 40.3 Å². The highest BCUT2D eigenvalue weighted by Crippen LogP contribution is 2.19. The van der Waals surface area contributed by atoms with Crippen molar-refractivity contribution in [3.05, 3.63) is 49.7 Å². The van der Waals surface area contributed by atoms with E-state index >= 15 is 0 Å². The Labute approximate surface area is 124 Å². The molecule has 0 unspecified atom stereocenters. The molecule has 0 fully saturated rings. The van der Waals surface area contributed by atoms with E-state index in [2.05, 4.69) is 22.6 Å². The third-order valence-corrected chi connectivity index (χ3v) is 4.41. The van der Waals surface area contributed by atoms with Crippen LogP contribution in [0.4, 0.5) is 5.69 Å². The minimum atomic E-state index is 0.0254. The van der Waals surface area contributed by atoms with E-state index in [0.717, 1.165) is 19.7 Å². The number of thiophene rings is 1. The molecule has 2 aromatic rings. The zero-order valence-corrected chi connectivity index (χ0v) is 12.9. The summed E-state index contributed by atoms with van der Waals surface area (Å²) < 4.78 is 1.11. The van der Waals surface area contributed by atoms with Crippen molar-refractivity contribution in [2.45, 2.75) is 6.54 Å². The predicted molar refractivity (Wildman–Crippen MR) is 83.7 cm³/mol. The lowest BCUT2D eigenvalue weighted by molar-refractivity contribution is 0.0786. The second-order valence-electron chi connectivity index (χ2n) is 4.00. The van der Waals surface area contributed by atoms with E-state index in [0.29, 0.717) is 6.54 Å². The number of nitrogen functional groups attached to an aromatic ring is 1. The summed E-state index contributed by atoms with van der Waals surface area (Å²) in [5, 5.41) is 1.88. The average molecular weight is 372 g/mol. The summed E-state index contributed by atoms with van der Waals surface area (Å²) in [6.07, 6.45) is 0. The molecule has 0 aliphatic carbocycles. The van der Waals surface area contributed by atoms with Crippen LogP contribution in [0.15, 0.2) is 35.7 Å². The number of hydrogen-bond acceptors (Lipinski definition) is 3. The number of hydrogen-bond donors (Lipinski definition) is 1. The molecule has 3 nitrogen and oxygen atoms in total. The predicted octanol–water partition coefficient (Wildman–Crippen LogP) is 3.21. The minimum absolute atomic E-state index is 0.0254. The first kappa shape index (κ1) is 13.4. The van der Waals surface area contributed by atoms with Crippen LogP contribution in [0, 0.1) is 2.88 Å². The van der Waals surface area contributed by atoms with Gasteiger partial charge in [0.25, 0.3) is 5.91 Å². The maximum absolute atomic E-state index is 12.2.